The molecule has 0 fully saturated rings. The molecule has 3 rings (SSSR count). The van der Waals surface area contributed by atoms with E-state index in [1.54, 1.807) is 29.2 Å². The lowest BCUT2D eigenvalue weighted by Crippen LogP contribution is -2.31. The Morgan fingerprint density at radius 2 is 1.84 bits per heavy atom. The fourth-order valence-corrected chi connectivity index (χ4v) is 4.55. The Bertz CT molecular complexity index is 1200. The summed E-state index contributed by atoms with van der Waals surface area (Å²) >= 11 is 6.05. The van der Waals surface area contributed by atoms with Crippen molar-refractivity contribution in [2.45, 2.75) is 11.4 Å². The Hall–Kier alpha value is -3.24. The first-order valence-electron chi connectivity index (χ1n) is 8.92. The van der Waals surface area contributed by atoms with Gasteiger partial charge in [-0.05, 0) is 30.3 Å². The maximum Gasteiger partial charge on any atom is 0.271 e. The number of sulfonamides is 1. The molecule has 0 bridgehead atoms. The SMILES string of the molecule is COc1cc(C(=O)NS(=O)(=O)c2c(OC)ccc(Cl)c2OC)ccc1Cn1cccn1. The van der Waals surface area contributed by atoms with Crippen molar-refractivity contribution in [2.24, 2.45) is 0 Å². The summed E-state index contributed by atoms with van der Waals surface area (Å²) in [6.45, 7) is 0.424. The molecule has 0 aliphatic carbocycles. The summed E-state index contributed by atoms with van der Waals surface area (Å²) in [4.78, 5) is 12.4. The van der Waals surface area contributed by atoms with E-state index < -0.39 is 15.9 Å². The molecule has 1 heterocycles. The van der Waals surface area contributed by atoms with E-state index in [1.165, 1.54) is 45.6 Å². The van der Waals surface area contributed by atoms with Crippen LogP contribution in [0.2, 0.25) is 5.02 Å². The van der Waals surface area contributed by atoms with E-state index in [-0.39, 0.29) is 27.0 Å². The molecule has 1 amide bonds. The third kappa shape index (κ3) is 4.75. The van der Waals surface area contributed by atoms with Crippen molar-refractivity contribution in [2.75, 3.05) is 21.3 Å². The normalized spacial score (nSPS) is 11.1. The second-order valence-electron chi connectivity index (χ2n) is 6.28. The summed E-state index contributed by atoms with van der Waals surface area (Å²) in [6, 6.07) is 9.22. The number of amides is 1. The summed E-state index contributed by atoms with van der Waals surface area (Å²) in [7, 11) is -0.348. The largest absolute Gasteiger partial charge is 0.496 e. The highest BCUT2D eigenvalue weighted by atomic mass is 35.5. The van der Waals surface area contributed by atoms with E-state index in [0.29, 0.717) is 12.3 Å². The maximum atomic E-state index is 13.0. The molecule has 0 saturated heterocycles. The van der Waals surface area contributed by atoms with Crippen molar-refractivity contribution in [3.63, 3.8) is 0 Å². The first-order chi connectivity index (χ1) is 14.8. The number of hydrogen-bond acceptors (Lipinski definition) is 7. The number of hydrogen-bond donors (Lipinski definition) is 1. The van der Waals surface area contributed by atoms with Crippen LogP contribution in [0.4, 0.5) is 0 Å². The van der Waals surface area contributed by atoms with Crippen LogP contribution in [0.15, 0.2) is 53.7 Å². The Morgan fingerprint density at radius 1 is 1.10 bits per heavy atom. The highest BCUT2D eigenvalue weighted by Gasteiger charge is 2.29. The molecule has 0 saturated carbocycles. The van der Waals surface area contributed by atoms with Gasteiger partial charge in [0.1, 0.15) is 11.5 Å². The van der Waals surface area contributed by atoms with Crippen LogP contribution in [0.3, 0.4) is 0 Å². The van der Waals surface area contributed by atoms with Gasteiger partial charge in [0.15, 0.2) is 10.6 Å². The van der Waals surface area contributed by atoms with Gasteiger partial charge < -0.3 is 14.2 Å². The van der Waals surface area contributed by atoms with Gasteiger partial charge in [-0.1, -0.05) is 17.7 Å². The predicted octanol–water partition coefficient (Wildman–Crippen LogP) is 2.73. The molecule has 164 valence electrons. The van der Waals surface area contributed by atoms with Crippen molar-refractivity contribution < 1.29 is 27.4 Å². The van der Waals surface area contributed by atoms with E-state index in [4.69, 9.17) is 25.8 Å². The van der Waals surface area contributed by atoms with E-state index in [9.17, 15) is 13.2 Å². The molecular weight excluding hydrogens is 446 g/mol. The van der Waals surface area contributed by atoms with Gasteiger partial charge in [-0.2, -0.15) is 5.10 Å². The smallest absolute Gasteiger partial charge is 0.271 e. The topological polar surface area (TPSA) is 109 Å². The quantitative estimate of drug-likeness (QED) is 0.544. The lowest BCUT2D eigenvalue weighted by atomic mass is 10.1. The first kappa shape index (κ1) is 22.4. The maximum absolute atomic E-state index is 13.0. The number of benzene rings is 2. The number of halogens is 1. The van der Waals surface area contributed by atoms with Crippen LogP contribution < -0.4 is 18.9 Å². The molecule has 2 aromatic carbocycles. The third-order valence-corrected chi connectivity index (χ3v) is 6.06. The van der Waals surface area contributed by atoms with Crippen LogP contribution in [0, 0.1) is 0 Å². The monoisotopic (exact) mass is 465 g/mol. The van der Waals surface area contributed by atoms with E-state index in [0.717, 1.165) is 5.56 Å². The second-order valence-corrected chi connectivity index (χ2v) is 8.30. The summed E-state index contributed by atoms with van der Waals surface area (Å²) in [6.07, 6.45) is 3.44. The molecule has 9 nitrogen and oxygen atoms in total. The number of ether oxygens (including phenoxy) is 3. The highest BCUT2D eigenvalue weighted by Crippen LogP contribution is 2.38. The molecule has 0 unspecified atom stereocenters. The molecular formula is C20H20ClN3O6S. The van der Waals surface area contributed by atoms with Crippen LogP contribution >= 0.6 is 11.6 Å². The van der Waals surface area contributed by atoms with Crippen LogP contribution in [0.1, 0.15) is 15.9 Å². The third-order valence-electron chi connectivity index (χ3n) is 4.39. The molecule has 3 aromatic rings. The molecule has 1 N–H and O–H groups in total. The van der Waals surface area contributed by atoms with Crippen molar-refractivity contribution in [3.8, 4) is 17.2 Å². The van der Waals surface area contributed by atoms with Gasteiger partial charge in [0.05, 0.1) is 32.9 Å². The minimum absolute atomic E-state index is 0.0197. The molecule has 0 spiro atoms. The van der Waals surface area contributed by atoms with Crippen molar-refractivity contribution in [3.05, 3.63) is 64.9 Å². The van der Waals surface area contributed by atoms with Gasteiger partial charge in [-0.25, -0.2) is 13.1 Å². The number of carbonyl (C=O) groups is 1. The molecule has 0 radical (unpaired) electrons. The van der Waals surface area contributed by atoms with E-state index in [1.807, 2.05) is 4.72 Å². The molecule has 31 heavy (non-hydrogen) atoms. The minimum atomic E-state index is -4.38. The Balaban J connectivity index is 1.92. The number of rotatable bonds is 8. The number of carbonyl (C=O) groups excluding carboxylic acids is 1. The fraction of sp³-hybridized carbons (Fsp3) is 0.200. The van der Waals surface area contributed by atoms with Crippen LogP contribution in [0.25, 0.3) is 0 Å². The number of methoxy groups -OCH3 is 3. The number of aromatic nitrogens is 2. The fourth-order valence-electron chi connectivity index (χ4n) is 2.94. The Labute approximate surface area is 184 Å². The average Bonchev–Trinajstić information content (AvgIpc) is 3.26. The zero-order chi connectivity index (χ0) is 22.6. The zero-order valence-corrected chi connectivity index (χ0v) is 18.5. The summed E-state index contributed by atoms with van der Waals surface area (Å²) < 4.78 is 45.3. The van der Waals surface area contributed by atoms with Crippen LogP contribution in [-0.4, -0.2) is 45.4 Å². The zero-order valence-electron chi connectivity index (χ0n) is 17.0. The summed E-state index contributed by atoms with van der Waals surface area (Å²) in [5.74, 6) is -0.589. The first-order valence-corrected chi connectivity index (χ1v) is 10.8. The molecule has 11 heteroatoms. The number of nitrogens with zero attached hydrogens (tertiary/aromatic N) is 2. The van der Waals surface area contributed by atoms with Gasteiger partial charge >= 0.3 is 0 Å². The Morgan fingerprint density at radius 3 is 2.45 bits per heavy atom. The average molecular weight is 466 g/mol. The van der Waals surface area contributed by atoms with Gasteiger partial charge in [0.2, 0.25) is 0 Å². The lowest BCUT2D eigenvalue weighted by Gasteiger charge is -2.16. The molecule has 0 aliphatic rings. The minimum Gasteiger partial charge on any atom is -0.496 e. The van der Waals surface area contributed by atoms with E-state index in [2.05, 4.69) is 5.10 Å². The highest BCUT2D eigenvalue weighted by molar-refractivity contribution is 7.90. The predicted molar refractivity (Wildman–Crippen MR) is 114 cm³/mol. The van der Waals surface area contributed by atoms with Gasteiger partial charge in [-0.3, -0.25) is 9.48 Å². The van der Waals surface area contributed by atoms with Crippen molar-refractivity contribution in [1.82, 2.24) is 14.5 Å². The van der Waals surface area contributed by atoms with Gasteiger partial charge in [0, 0.05) is 23.5 Å². The van der Waals surface area contributed by atoms with Crippen molar-refractivity contribution in [1.29, 1.82) is 0 Å². The summed E-state index contributed by atoms with van der Waals surface area (Å²) in [5, 5.41) is 4.19. The van der Waals surface area contributed by atoms with Gasteiger partial charge in [0.25, 0.3) is 15.9 Å². The van der Waals surface area contributed by atoms with E-state index >= 15 is 0 Å². The second kappa shape index (κ2) is 9.27. The summed E-state index contributed by atoms with van der Waals surface area (Å²) in [5.41, 5.74) is 0.855. The molecule has 0 aliphatic heterocycles. The van der Waals surface area contributed by atoms with Crippen LogP contribution in [0.5, 0.6) is 17.2 Å². The lowest BCUT2D eigenvalue weighted by molar-refractivity contribution is 0.0981. The van der Waals surface area contributed by atoms with Crippen molar-refractivity contribution >= 4 is 27.5 Å². The van der Waals surface area contributed by atoms with Crippen LogP contribution in [-0.2, 0) is 16.6 Å². The van der Waals surface area contributed by atoms with Gasteiger partial charge in [-0.15, -0.1) is 0 Å². The standard InChI is InChI=1S/C20H20ClN3O6S/c1-28-16-8-7-15(21)18(30-3)19(16)31(26,27)23-20(25)13-5-6-14(17(11-13)29-2)12-24-10-4-9-22-24/h4-11H,12H2,1-3H3,(H,23,25). The number of nitrogens with one attached hydrogen (secondary N) is 1. The Kier molecular flexibility index (Phi) is 6.71. The molecule has 1 aromatic heterocycles. The molecule has 0 atom stereocenters.